The molecule has 2 heterocycles. The number of benzene rings is 1. The molecule has 7 heteroatoms. The molecule has 0 fully saturated rings. The van der Waals surface area contributed by atoms with Crippen LogP contribution in [0.25, 0.3) is 0 Å². The third-order valence-electron chi connectivity index (χ3n) is 3.63. The highest BCUT2D eigenvalue weighted by molar-refractivity contribution is 5.91. The first-order valence-corrected chi connectivity index (χ1v) is 6.56. The molecule has 0 spiro atoms. The summed E-state index contributed by atoms with van der Waals surface area (Å²) in [6, 6.07) is 3.59. The number of nitrogens with zero attached hydrogens (tertiary/aromatic N) is 3. The Hall–Kier alpha value is -2.57. The molecule has 7 nitrogen and oxygen atoms in total. The van der Waals surface area contributed by atoms with E-state index in [9.17, 15) is 4.79 Å². The van der Waals surface area contributed by atoms with Gasteiger partial charge in [0.25, 0.3) is 0 Å². The van der Waals surface area contributed by atoms with E-state index >= 15 is 0 Å². The number of amides is 1. The van der Waals surface area contributed by atoms with Gasteiger partial charge in [0.1, 0.15) is 6.33 Å². The molecule has 1 atom stereocenters. The minimum Gasteiger partial charge on any atom is -0.493 e. The van der Waals surface area contributed by atoms with Crippen LogP contribution in [0.5, 0.6) is 11.5 Å². The molecule has 110 valence electrons. The minimum absolute atomic E-state index is 0.0744. The van der Waals surface area contributed by atoms with Crippen molar-refractivity contribution in [2.45, 2.75) is 19.4 Å². The number of carbonyl (C=O) groups excluding carboxylic acids is 1. The van der Waals surface area contributed by atoms with E-state index in [2.05, 4.69) is 15.4 Å². The first kappa shape index (κ1) is 13.4. The van der Waals surface area contributed by atoms with Crippen molar-refractivity contribution in [3.8, 4) is 11.5 Å². The van der Waals surface area contributed by atoms with Gasteiger partial charge in [0, 0.05) is 0 Å². The summed E-state index contributed by atoms with van der Waals surface area (Å²) in [6.07, 6.45) is 1.75. The largest absolute Gasteiger partial charge is 0.493 e. The molecular weight excluding hydrogens is 272 g/mol. The Morgan fingerprint density at radius 2 is 2.00 bits per heavy atom. The highest BCUT2D eigenvalue weighted by Gasteiger charge is 2.29. The standard InChI is InChI=1S/C14H16N4O3/c1-8-4-11(20-2)12(21-3)5-9(8)10-6-13(19)17-14-15-7-16-18(10)14/h4-5,7,10H,6H2,1-3H3,(H,15,16,17,19). The quantitative estimate of drug-likeness (QED) is 0.926. The minimum atomic E-state index is -0.198. The van der Waals surface area contributed by atoms with Crippen molar-refractivity contribution in [1.29, 1.82) is 0 Å². The molecule has 1 unspecified atom stereocenters. The van der Waals surface area contributed by atoms with Gasteiger partial charge >= 0.3 is 0 Å². The highest BCUT2D eigenvalue weighted by Crippen LogP contribution is 2.37. The number of hydrogen-bond donors (Lipinski definition) is 1. The van der Waals surface area contributed by atoms with Gasteiger partial charge in [-0.25, -0.2) is 4.68 Å². The van der Waals surface area contributed by atoms with Crippen LogP contribution in [0.2, 0.25) is 0 Å². The van der Waals surface area contributed by atoms with Crippen LogP contribution in [0.4, 0.5) is 5.95 Å². The van der Waals surface area contributed by atoms with Crippen LogP contribution in [0.3, 0.4) is 0 Å². The summed E-state index contributed by atoms with van der Waals surface area (Å²) in [5, 5.41) is 6.91. The molecule has 0 radical (unpaired) electrons. The smallest absolute Gasteiger partial charge is 0.229 e. The Labute approximate surface area is 121 Å². The number of nitrogens with one attached hydrogen (secondary N) is 1. The van der Waals surface area contributed by atoms with E-state index in [0.29, 0.717) is 23.9 Å². The fourth-order valence-corrected chi connectivity index (χ4v) is 2.60. The van der Waals surface area contributed by atoms with E-state index in [0.717, 1.165) is 11.1 Å². The number of methoxy groups -OCH3 is 2. The average Bonchev–Trinajstić information content (AvgIpc) is 2.94. The maximum atomic E-state index is 11.8. The summed E-state index contributed by atoms with van der Waals surface area (Å²) >= 11 is 0. The van der Waals surface area contributed by atoms with Crippen LogP contribution < -0.4 is 14.8 Å². The first-order valence-electron chi connectivity index (χ1n) is 6.56. The fraction of sp³-hybridized carbons (Fsp3) is 0.357. The Morgan fingerprint density at radius 1 is 1.29 bits per heavy atom. The van der Waals surface area contributed by atoms with Crippen LogP contribution >= 0.6 is 0 Å². The van der Waals surface area contributed by atoms with Gasteiger partial charge in [-0.2, -0.15) is 10.1 Å². The molecule has 21 heavy (non-hydrogen) atoms. The highest BCUT2D eigenvalue weighted by atomic mass is 16.5. The van der Waals surface area contributed by atoms with Crippen molar-refractivity contribution in [2.75, 3.05) is 19.5 Å². The van der Waals surface area contributed by atoms with Crippen LogP contribution in [0, 0.1) is 6.92 Å². The van der Waals surface area contributed by atoms with Crippen molar-refractivity contribution in [3.63, 3.8) is 0 Å². The van der Waals surface area contributed by atoms with Crippen molar-refractivity contribution < 1.29 is 14.3 Å². The number of aryl methyl sites for hydroxylation is 1. The molecule has 0 bridgehead atoms. The fourth-order valence-electron chi connectivity index (χ4n) is 2.60. The summed E-state index contributed by atoms with van der Waals surface area (Å²) in [4.78, 5) is 15.9. The second-order valence-corrected chi connectivity index (χ2v) is 4.86. The molecule has 1 N–H and O–H groups in total. The molecule has 1 aromatic heterocycles. The van der Waals surface area contributed by atoms with E-state index in [1.165, 1.54) is 6.33 Å². The van der Waals surface area contributed by atoms with Gasteiger partial charge in [0.05, 0.1) is 26.7 Å². The van der Waals surface area contributed by atoms with E-state index in [-0.39, 0.29) is 11.9 Å². The lowest BCUT2D eigenvalue weighted by atomic mass is 9.97. The van der Waals surface area contributed by atoms with Gasteiger partial charge in [-0.1, -0.05) is 0 Å². The summed E-state index contributed by atoms with van der Waals surface area (Å²) in [6.45, 7) is 1.97. The van der Waals surface area contributed by atoms with E-state index in [1.807, 2.05) is 19.1 Å². The molecule has 1 amide bonds. The van der Waals surface area contributed by atoms with Gasteiger partial charge in [-0.15, -0.1) is 0 Å². The number of aromatic nitrogens is 3. The topological polar surface area (TPSA) is 78.3 Å². The summed E-state index contributed by atoms with van der Waals surface area (Å²) < 4.78 is 12.4. The van der Waals surface area contributed by atoms with Crippen LogP contribution in [0.1, 0.15) is 23.6 Å². The van der Waals surface area contributed by atoms with E-state index < -0.39 is 0 Å². The Balaban J connectivity index is 2.11. The zero-order valence-corrected chi connectivity index (χ0v) is 12.1. The van der Waals surface area contributed by atoms with Crippen molar-refractivity contribution in [3.05, 3.63) is 29.6 Å². The number of carbonyl (C=O) groups is 1. The molecule has 1 aromatic carbocycles. The predicted molar refractivity (Wildman–Crippen MR) is 75.7 cm³/mol. The number of ether oxygens (including phenoxy) is 2. The second-order valence-electron chi connectivity index (χ2n) is 4.86. The molecule has 0 saturated carbocycles. The third-order valence-corrected chi connectivity index (χ3v) is 3.63. The number of fused-ring (bicyclic) bond motifs is 1. The SMILES string of the molecule is COc1cc(C)c(C2CC(=O)Nc3ncnn32)cc1OC. The van der Waals surface area contributed by atoms with Crippen molar-refractivity contribution in [1.82, 2.24) is 14.8 Å². The number of rotatable bonds is 3. The van der Waals surface area contributed by atoms with Gasteiger partial charge in [0.2, 0.25) is 11.9 Å². The Bertz CT molecular complexity index is 696. The molecule has 1 aliphatic heterocycles. The third kappa shape index (κ3) is 2.20. The van der Waals surface area contributed by atoms with Crippen LogP contribution in [0.15, 0.2) is 18.5 Å². The Kier molecular flexibility index (Phi) is 3.25. The lowest BCUT2D eigenvalue weighted by molar-refractivity contribution is -0.117. The first-order chi connectivity index (χ1) is 10.1. The maximum Gasteiger partial charge on any atom is 0.229 e. The molecule has 1 aliphatic rings. The Morgan fingerprint density at radius 3 is 2.71 bits per heavy atom. The van der Waals surface area contributed by atoms with Crippen molar-refractivity contribution >= 4 is 11.9 Å². The van der Waals surface area contributed by atoms with Crippen LogP contribution in [-0.4, -0.2) is 34.9 Å². The van der Waals surface area contributed by atoms with E-state index in [4.69, 9.17) is 9.47 Å². The molecule has 2 aromatic rings. The van der Waals surface area contributed by atoms with Gasteiger partial charge < -0.3 is 9.47 Å². The summed E-state index contributed by atoms with van der Waals surface area (Å²) in [5.74, 6) is 1.68. The second kappa shape index (κ2) is 5.08. The van der Waals surface area contributed by atoms with Crippen molar-refractivity contribution in [2.24, 2.45) is 0 Å². The maximum absolute atomic E-state index is 11.8. The molecule has 0 aliphatic carbocycles. The summed E-state index contributed by atoms with van der Waals surface area (Å²) in [5.41, 5.74) is 1.98. The zero-order valence-electron chi connectivity index (χ0n) is 12.1. The summed E-state index contributed by atoms with van der Waals surface area (Å²) in [7, 11) is 3.19. The van der Waals surface area contributed by atoms with Gasteiger partial charge in [-0.3, -0.25) is 10.1 Å². The monoisotopic (exact) mass is 288 g/mol. The lowest BCUT2D eigenvalue weighted by Crippen LogP contribution is -2.29. The number of anilines is 1. The average molecular weight is 288 g/mol. The molecular formula is C14H16N4O3. The molecule has 0 saturated heterocycles. The predicted octanol–water partition coefficient (Wildman–Crippen LogP) is 1.54. The van der Waals surface area contributed by atoms with Gasteiger partial charge in [0.15, 0.2) is 11.5 Å². The van der Waals surface area contributed by atoms with Gasteiger partial charge in [-0.05, 0) is 30.2 Å². The van der Waals surface area contributed by atoms with Crippen LogP contribution in [-0.2, 0) is 4.79 Å². The zero-order chi connectivity index (χ0) is 15.0. The lowest BCUT2D eigenvalue weighted by Gasteiger charge is -2.25. The normalized spacial score (nSPS) is 17.1. The number of hydrogen-bond acceptors (Lipinski definition) is 5. The molecule has 3 rings (SSSR count). The van der Waals surface area contributed by atoms with E-state index in [1.54, 1.807) is 18.9 Å².